The lowest BCUT2D eigenvalue weighted by Crippen LogP contribution is -2.29. The molecule has 0 unspecified atom stereocenters. The van der Waals surface area contributed by atoms with E-state index in [1.165, 1.54) is 60.7 Å². The summed E-state index contributed by atoms with van der Waals surface area (Å²) in [5.74, 6) is 0.640. The smallest absolute Gasteiger partial charge is 0.406 e. The summed E-state index contributed by atoms with van der Waals surface area (Å²) >= 11 is 0. The average Bonchev–Trinajstić information content (AvgIpc) is 3.78. The third kappa shape index (κ3) is 13.6. The molecule has 0 radical (unpaired) electrons. The lowest BCUT2D eigenvalue weighted by Gasteiger charge is -2.40. The van der Waals surface area contributed by atoms with Crippen LogP contribution in [0.15, 0.2) is 97.1 Å². The molecule has 2 saturated carbocycles. The molecule has 0 bridgehead atoms. The Bertz CT molecular complexity index is 2690. The number of carbonyl (C=O) groups is 2. The molecule has 2 fully saturated rings. The van der Waals surface area contributed by atoms with Crippen LogP contribution < -0.4 is 31.6 Å². The number of ether oxygens (including phenoxy) is 2. The van der Waals surface area contributed by atoms with Gasteiger partial charge in [-0.1, -0.05) is 53.7 Å². The number of anilines is 4. The number of fused-ring (bicyclic) bond motifs is 2. The Hall–Kier alpha value is -6.98. The van der Waals surface area contributed by atoms with E-state index < -0.39 is 24.5 Å². The van der Waals surface area contributed by atoms with E-state index in [4.69, 9.17) is 21.4 Å². The summed E-state index contributed by atoms with van der Waals surface area (Å²) in [7, 11) is 0. The summed E-state index contributed by atoms with van der Waals surface area (Å²) in [5.41, 5.74) is 16.9. The van der Waals surface area contributed by atoms with E-state index in [9.17, 15) is 35.9 Å². The quantitative estimate of drug-likeness (QED) is 0.0695. The molecule has 2 aliphatic rings. The lowest BCUT2D eigenvalue weighted by atomic mass is 9.70. The Kier molecular flexibility index (Phi) is 14.7. The van der Waals surface area contributed by atoms with Gasteiger partial charge in [0.25, 0.3) is 0 Å². The molecular formula is C52H58F6N8O4. The van der Waals surface area contributed by atoms with E-state index in [0.29, 0.717) is 35.1 Å². The Morgan fingerprint density at radius 1 is 0.600 bits per heavy atom. The molecule has 70 heavy (non-hydrogen) atoms. The second kappa shape index (κ2) is 20.2. The molecule has 6 aromatic rings. The van der Waals surface area contributed by atoms with Crippen molar-refractivity contribution in [2.45, 2.75) is 105 Å². The van der Waals surface area contributed by atoms with E-state index >= 15 is 0 Å². The third-order valence-electron chi connectivity index (χ3n) is 12.5. The van der Waals surface area contributed by atoms with Gasteiger partial charge in [0.05, 0.1) is 22.1 Å². The van der Waals surface area contributed by atoms with Crippen LogP contribution in [0.5, 0.6) is 11.5 Å². The minimum absolute atomic E-state index is 0.164. The van der Waals surface area contributed by atoms with Gasteiger partial charge in [0.1, 0.15) is 11.5 Å². The number of nitrogens with zero attached hydrogens (tertiary/aromatic N) is 4. The molecule has 18 heteroatoms. The molecule has 372 valence electrons. The van der Waals surface area contributed by atoms with Crippen LogP contribution in [-0.4, -0.2) is 43.6 Å². The van der Waals surface area contributed by atoms with E-state index in [1.54, 1.807) is 12.2 Å². The summed E-state index contributed by atoms with van der Waals surface area (Å²) in [6.45, 7) is 13.6. The van der Waals surface area contributed by atoms with Crippen molar-refractivity contribution < 1.29 is 45.4 Å². The lowest BCUT2D eigenvalue weighted by molar-refractivity contribution is -0.275. The first kappa shape index (κ1) is 50.9. The molecule has 4 atom stereocenters. The van der Waals surface area contributed by atoms with Gasteiger partial charge in [0, 0.05) is 35.6 Å². The van der Waals surface area contributed by atoms with Crippen LogP contribution in [0.2, 0.25) is 0 Å². The zero-order valence-corrected chi connectivity index (χ0v) is 39.8. The fraction of sp³-hybridized carbons (Fsp3) is 0.385. The van der Waals surface area contributed by atoms with Crippen LogP contribution in [0.1, 0.15) is 103 Å². The largest absolute Gasteiger partial charge is 0.573 e. The van der Waals surface area contributed by atoms with Crippen LogP contribution in [0.25, 0.3) is 34.2 Å². The maximum Gasteiger partial charge on any atom is 0.573 e. The van der Waals surface area contributed by atoms with Crippen molar-refractivity contribution in [3.63, 3.8) is 0 Å². The summed E-state index contributed by atoms with van der Waals surface area (Å²) in [5, 5.41) is 6.57. The highest BCUT2D eigenvalue weighted by molar-refractivity contribution is 5.92. The number of amides is 2. The van der Waals surface area contributed by atoms with E-state index in [1.807, 2.05) is 36.4 Å². The molecule has 0 aliphatic heterocycles. The SMILES string of the molecule is C[C@@H]1C[C@H](n2c(Nc3ccc(OC(F)(F)F)cc3)nc3cc(/C=C/C(N)=O)ccc32)CC(C)(C)C1.C[C@H]1C[C@@H](n2c(Nc3ccc(OC(F)(F)F)cc3)nc3cc(/C=C/C(N)=O)ccc32)CC(C)(C)C1. The Labute approximate surface area is 402 Å². The van der Waals surface area contributed by atoms with Crippen LogP contribution >= 0.6 is 0 Å². The Morgan fingerprint density at radius 3 is 1.27 bits per heavy atom. The number of alkyl halides is 6. The molecule has 8 rings (SSSR count). The van der Waals surface area contributed by atoms with E-state index in [0.717, 1.165) is 71.7 Å². The number of nitrogens with one attached hydrogen (secondary N) is 2. The normalized spacial score (nSPS) is 20.3. The first-order chi connectivity index (χ1) is 32.8. The minimum Gasteiger partial charge on any atom is -0.406 e. The van der Waals surface area contributed by atoms with Gasteiger partial charge < -0.3 is 40.7 Å². The van der Waals surface area contributed by atoms with Gasteiger partial charge in [-0.2, -0.15) is 0 Å². The van der Waals surface area contributed by atoms with E-state index in [-0.39, 0.29) is 34.4 Å². The molecule has 2 heterocycles. The zero-order valence-electron chi connectivity index (χ0n) is 39.8. The predicted octanol–water partition coefficient (Wildman–Crippen LogP) is 13.1. The highest BCUT2D eigenvalue weighted by Gasteiger charge is 2.37. The van der Waals surface area contributed by atoms with Crippen molar-refractivity contribution in [2.75, 3.05) is 10.6 Å². The van der Waals surface area contributed by atoms with Crippen molar-refractivity contribution in [3.8, 4) is 11.5 Å². The standard InChI is InChI=1S/2C26H29F3N4O2/c2*1-16-12-19(15-25(2,3)14-16)33-22-10-4-17(5-11-23(30)34)13-21(22)32-24(33)31-18-6-8-20(9-7-18)35-26(27,28)29/h2*4-11,13,16,19H,12,14-15H2,1-3H3,(H2,30,34)(H,31,32)/b2*11-5+/t2*16-,19+/m10/s1. The summed E-state index contributed by atoms with van der Waals surface area (Å²) in [6, 6.07) is 23.1. The monoisotopic (exact) mass is 972 g/mol. The van der Waals surface area contributed by atoms with Crippen molar-refractivity contribution in [1.82, 2.24) is 19.1 Å². The molecule has 6 N–H and O–H groups in total. The van der Waals surface area contributed by atoms with Crippen molar-refractivity contribution in [3.05, 3.63) is 108 Å². The van der Waals surface area contributed by atoms with Crippen LogP contribution in [0.3, 0.4) is 0 Å². The molecule has 12 nitrogen and oxygen atoms in total. The molecule has 2 amide bonds. The van der Waals surface area contributed by atoms with Crippen LogP contribution in [0.4, 0.5) is 49.6 Å². The van der Waals surface area contributed by atoms with Crippen molar-refractivity contribution >= 4 is 69.3 Å². The van der Waals surface area contributed by atoms with Gasteiger partial charge in [-0.15, -0.1) is 26.3 Å². The van der Waals surface area contributed by atoms with Crippen LogP contribution in [0, 0.1) is 22.7 Å². The first-order valence-electron chi connectivity index (χ1n) is 23.0. The molecule has 2 aromatic heterocycles. The van der Waals surface area contributed by atoms with Crippen molar-refractivity contribution in [2.24, 2.45) is 34.1 Å². The topological polar surface area (TPSA) is 164 Å². The second-order valence-corrected chi connectivity index (χ2v) is 20.1. The number of imidazole rings is 2. The molecule has 4 aromatic carbocycles. The number of halogens is 6. The molecule has 0 spiro atoms. The highest BCUT2D eigenvalue weighted by Crippen LogP contribution is 2.48. The fourth-order valence-electron chi connectivity index (χ4n) is 10.4. The van der Waals surface area contributed by atoms with Crippen molar-refractivity contribution in [1.29, 1.82) is 0 Å². The van der Waals surface area contributed by atoms with E-state index in [2.05, 4.69) is 70.8 Å². The molecular weight excluding hydrogens is 915 g/mol. The first-order valence-corrected chi connectivity index (χ1v) is 23.0. The Balaban J connectivity index is 0.000000206. The number of aromatic nitrogens is 4. The predicted molar refractivity (Wildman–Crippen MR) is 260 cm³/mol. The number of rotatable bonds is 12. The number of benzene rings is 4. The van der Waals surface area contributed by atoms with Gasteiger partial charge in [-0.05, 0) is 157 Å². The van der Waals surface area contributed by atoms with Gasteiger partial charge in [-0.25, -0.2) is 9.97 Å². The second-order valence-electron chi connectivity index (χ2n) is 20.1. The number of primary amides is 2. The summed E-state index contributed by atoms with van der Waals surface area (Å²) in [6.07, 6.45) is 2.60. The summed E-state index contributed by atoms with van der Waals surface area (Å²) in [4.78, 5) is 31.9. The number of nitrogens with two attached hydrogens (primary N) is 2. The van der Waals surface area contributed by atoms with Gasteiger partial charge in [-0.3, -0.25) is 9.59 Å². The van der Waals surface area contributed by atoms with Crippen LogP contribution in [-0.2, 0) is 9.59 Å². The Morgan fingerprint density at radius 2 is 0.957 bits per heavy atom. The minimum atomic E-state index is -4.74. The average molecular weight is 973 g/mol. The van der Waals surface area contributed by atoms with Gasteiger partial charge >= 0.3 is 12.7 Å². The zero-order chi connectivity index (χ0) is 50.8. The maximum atomic E-state index is 12.5. The fourth-order valence-corrected chi connectivity index (χ4v) is 10.4. The highest BCUT2D eigenvalue weighted by atomic mass is 19.4. The number of hydrogen-bond acceptors (Lipinski definition) is 8. The number of hydrogen-bond donors (Lipinski definition) is 4. The van der Waals surface area contributed by atoms with Gasteiger partial charge in [0.15, 0.2) is 0 Å². The third-order valence-corrected chi connectivity index (χ3v) is 12.5. The van der Waals surface area contributed by atoms with Gasteiger partial charge in [0.2, 0.25) is 23.7 Å². The molecule has 2 aliphatic carbocycles. The summed E-state index contributed by atoms with van der Waals surface area (Å²) < 4.78 is 87.4. The maximum absolute atomic E-state index is 12.5. The number of carbonyl (C=O) groups excluding carboxylic acids is 2. The molecule has 0 saturated heterocycles.